The quantitative estimate of drug-likeness (QED) is 0.561. The van der Waals surface area contributed by atoms with Crippen molar-refractivity contribution in [1.82, 2.24) is 25.1 Å². The Morgan fingerprint density at radius 3 is 2.56 bits per heavy atom. The van der Waals surface area contributed by atoms with E-state index >= 15 is 0 Å². The van der Waals surface area contributed by atoms with Gasteiger partial charge in [-0.15, -0.1) is 5.10 Å². The third kappa shape index (κ3) is 4.25. The van der Waals surface area contributed by atoms with Gasteiger partial charge in [0.25, 0.3) is 0 Å². The fraction of sp³-hybridized carbons (Fsp3) is 0.435. The lowest BCUT2D eigenvalue weighted by atomic mass is 10.1. The summed E-state index contributed by atoms with van der Waals surface area (Å²) in [6.45, 7) is 6.60. The Morgan fingerprint density at radius 2 is 1.78 bits per heavy atom. The Balaban J connectivity index is 1.29. The molecule has 0 amide bonds. The van der Waals surface area contributed by atoms with Gasteiger partial charge in [0, 0.05) is 31.9 Å². The van der Waals surface area contributed by atoms with Crippen molar-refractivity contribution in [3.63, 3.8) is 0 Å². The van der Waals surface area contributed by atoms with Crippen LogP contribution in [0.4, 0.5) is 10.1 Å². The van der Waals surface area contributed by atoms with Crippen molar-refractivity contribution in [3.05, 3.63) is 59.7 Å². The number of anilines is 1. The van der Waals surface area contributed by atoms with Gasteiger partial charge in [0.15, 0.2) is 17.3 Å². The number of tetrazole rings is 1. The van der Waals surface area contributed by atoms with Gasteiger partial charge in [0.2, 0.25) is 6.79 Å². The van der Waals surface area contributed by atoms with Gasteiger partial charge in [-0.25, -0.2) is 9.07 Å². The molecule has 32 heavy (non-hydrogen) atoms. The first-order valence-electron chi connectivity index (χ1n) is 11.1. The van der Waals surface area contributed by atoms with E-state index in [0.717, 1.165) is 67.6 Å². The molecule has 2 aliphatic rings. The standard InChI is InChI=1S/C23H27FN6O2/c1-2-3-20(29-12-10-28(11-13-29)19-7-5-18(24)6-8-19)23-25-26-27-30(23)15-17-4-9-21-22(14-17)32-16-31-21/h4-9,14,20H,2-3,10-13,15-16H2,1H3/t20-/m0/s1. The van der Waals surface area contributed by atoms with E-state index in [1.54, 1.807) is 0 Å². The monoisotopic (exact) mass is 438 g/mol. The van der Waals surface area contributed by atoms with E-state index in [4.69, 9.17) is 9.47 Å². The molecule has 3 aromatic rings. The molecule has 3 heterocycles. The maximum atomic E-state index is 13.3. The van der Waals surface area contributed by atoms with E-state index in [2.05, 4.69) is 32.2 Å². The van der Waals surface area contributed by atoms with Crippen LogP contribution >= 0.6 is 0 Å². The first kappa shape index (κ1) is 20.7. The molecule has 2 aliphatic heterocycles. The normalized spacial score (nSPS) is 17.0. The summed E-state index contributed by atoms with van der Waals surface area (Å²) in [4.78, 5) is 4.76. The van der Waals surface area contributed by atoms with Crippen LogP contribution in [0.1, 0.15) is 37.2 Å². The predicted octanol–water partition coefficient (Wildman–Crippen LogP) is 3.25. The fourth-order valence-corrected chi connectivity index (χ4v) is 4.47. The lowest BCUT2D eigenvalue weighted by Crippen LogP contribution is -2.48. The van der Waals surface area contributed by atoms with Crippen LogP contribution in [-0.2, 0) is 6.54 Å². The molecule has 0 bridgehead atoms. The number of hydrogen-bond donors (Lipinski definition) is 0. The smallest absolute Gasteiger partial charge is 0.231 e. The van der Waals surface area contributed by atoms with Crippen molar-refractivity contribution in [2.45, 2.75) is 32.4 Å². The molecule has 2 aromatic carbocycles. The second-order valence-electron chi connectivity index (χ2n) is 8.19. The van der Waals surface area contributed by atoms with Crippen LogP contribution in [0.25, 0.3) is 0 Å². The summed E-state index contributed by atoms with van der Waals surface area (Å²) in [5, 5.41) is 12.7. The second kappa shape index (κ2) is 9.12. The molecule has 1 saturated heterocycles. The van der Waals surface area contributed by atoms with Crippen LogP contribution in [0.5, 0.6) is 11.5 Å². The number of rotatable bonds is 7. The summed E-state index contributed by atoms with van der Waals surface area (Å²) in [6, 6.07) is 12.8. The van der Waals surface area contributed by atoms with Crippen LogP contribution in [0.15, 0.2) is 42.5 Å². The molecule has 5 rings (SSSR count). The van der Waals surface area contributed by atoms with Gasteiger partial charge < -0.3 is 14.4 Å². The van der Waals surface area contributed by atoms with Gasteiger partial charge in [-0.1, -0.05) is 19.4 Å². The number of fused-ring (bicyclic) bond motifs is 1. The van der Waals surface area contributed by atoms with Crippen molar-refractivity contribution in [2.75, 3.05) is 37.9 Å². The maximum absolute atomic E-state index is 13.3. The lowest BCUT2D eigenvalue weighted by molar-refractivity contribution is 0.164. The van der Waals surface area contributed by atoms with Crippen molar-refractivity contribution >= 4 is 5.69 Å². The SMILES string of the molecule is CCC[C@@H](c1nnnn1Cc1ccc2c(c1)OCO2)N1CCN(c2ccc(F)cc2)CC1. The van der Waals surface area contributed by atoms with Crippen molar-refractivity contribution < 1.29 is 13.9 Å². The van der Waals surface area contributed by atoms with E-state index in [-0.39, 0.29) is 18.7 Å². The molecule has 0 aliphatic carbocycles. The van der Waals surface area contributed by atoms with Crippen LogP contribution in [-0.4, -0.2) is 58.1 Å². The van der Waals surface area contributed by atoms with Gasteiger partial charge in [0.1, 0.15) is 5.82 Å². The molecule has 8 nitrogen and oxygen atoms in total. The molecule has 0 N–H and O–H groups in total. The number of halogens is 1. The summed E-state index contributed by atoms with van der Waals surface area (Å²) in [6.07, 6.45) is 2.03. The molecular weight excluding hydrogens is 411 g/mol. The van der Waals surface area contributed by atoms with E-state index in [9.17, 15) is 4.39 Å². The Hall–Kier alpha value is -3.20. The Bertz CT molecular complexity index is 1050. The van der Waals surface area contributed by atoms with E-state index < -0.39 is 0 Å². The molecule has 0 saturated carbocycles. The molecule has 1 fully saturated rings. The molecule has 1 atom stereocenters. The highest BCUT2D eigenvalue weighted by molar-refractivity contribution is 5.47. The van der Waals surface area contributed by atoms with Crippen LogP contribution in [0.3, 0.4) is 0 Å². The van der Waals surface area contributed by atoms with Crippen LogP contribution < -0.4 is 14.4 Å². The zero-order valence-electron chi connectivity index (χ0n) is 18.2. The van der Waals surface area contributed by atoms with Gasteiger partial charge in [0.05, 0.1) is 12.6 Å². The Kier molecular flexibility index (Phi) is 5.89. The number of hydrogen-bond acceptors (Lipinski definition) is 7. The molecular formula is C23H27FN6O2. The van der Waals surface area contributed by atoms with Gasteiger partial charge in [-0.05, 0) is 58.8 Å². The fourth-order valence-electron chi connectivity index (χ4n) is 4.47. The summed E-state index contributed by atoms with van der Waals surface area (Å²) >= 11 is 0. The number of aromatic nitrogens is 4. The largest absolute Gasteiger partial charge is 0.454 e. The number of benzene rings is 2. The highest BCUT2D eigenvalue weighted by Gasteiger charge is 2.29. The first-order valence-corrected chi connectivity index (χ1v) is 11.1. The number of piperazine rings is 1. The minimum Gasteiger partial charge on any atom is -0.454 e. The number of ether oxygens (including phenoxy) is 2. The molecule has 1 aromatic heterocycles. The lowest BCUT2D eigenvalue weighted by Gasteiger charge is -2.39. The zero-order chi connectivity index (χ0) is 21.9. The molecule has 168 valence electrons. The maximum Gasteiger partial charge on any atom is 0.231 e. The highest BCUT2D eigenvalue weighted by Crippen LogP contribution is 2.33. The number of nitrogens with zero attached hydrogens (tertiary/aromatic N) is 6. The van der Waals surface area contributed by atoms with Crippen molar-refractivity contribution in [2.24, 2.45) is 0 Å². The van der Waals surface area contributed by atoms with Gasteiger partial charge in [-0.3, -0.25) is 4.90 Å². The van der Waals surface area contributed by atoms with E-state index in [1.807, 2.05) is 35.0 Å². The van der Waals surface area contributed by atoms with Gasteiger partial charge >= 0.3 is 0 Å². The third-order valence-electron chi connectivity index (χ3n) is 6.14. The summed E-state index contributed by atoms with van der Waals surface area (Å²) in [7, 11) is 0. The predicted molar refractivity (Wildman–Crippen MR) is 117 cm³/mol. The summed E-state index contributed by atoms with van der Waals surface area (Å²) in [5.74, 6) is 2.22. The molecule has 0 spiro atoms. The van der Waals surface area contributed by atoms with E-state index in [1.165, 1.54) is 12.1 Å². The minimum absolute atomic E-state index is 0.152. The molecule has 0 radical (unpaired) electrons. The summed E-state index contributed by atoms with van der Waals surface area (Å²) in [5.41, 5.74) is 2.13. The third-order valence-corrected chi connectivity index (χ3v) is 6.14. The van der Waals surface area contributed by atoms with Gasteiger partial charge in [-0.2, -0.15) is 0 Å². The molecule has 0 unspecified atom stereocenters. The van der Waals surface area contributed by atoms with Crippen molar-refractivity contribution in [3.8, 4) is 11.5 Å². The van der Waals surface area contributed by atoms with Crippen molar-refractivity contribution in [1.29, 1.82) is 0 Å². The average Bonchev–Trinajstić information content (AvgIpc) is 3.47. The topological polar surface area (TPSA) is 68.5 Å². The zero-order valence-corrected chi connectivity index (χ0v) is 18.2. The Morgan fingerprint density at radius 1 is 1.00 bits per heavy atom. The van der Waals surface area contributed by atoms with Crippen LogP contribution in [0.2, 0.25) is 0 Å². The Labute approximate surface area is 186 Å². The van der Waals surface area contributed by atoms with E-state index in [0.29, 0.717) is 6.54 Å². The van der Waals surface area contributed by atoms with Crippen LogP contribution in [0, 0.1) is 5.82 Å². The second-order valence-corrected chi connectivity index (χ2v) is 8.19. The average molecular weight is 439 g/mol. The molecule has 9 heteroatoms. The minimum atomic E-state index is -0.204. The summed E-state index contributed by atoms with van der Waals surface area (Å²) < 4.78 is 26.1. The highest BCUT2D eigenvalue weighted by atomic mass is 19.1. The first-order chi connectivity index (χ1) is 15.7.